The summed E-state index contributed by atoms with van der Waals surface area (Å²) in [7, 11) is 1.76. The van der Waals surface area contributed by atoms with Gasteiger partial charge in [-0.1, -0.05) is 98.9 Å². The molecule has 4 aliphatic rings. The molecule has 0 amide bonds. The molecule has 18 N–H and O–H groups in total. The minimum atomic E-state index is -2.41. The lowest BCUT2D eigenvalue weighted by Crippen LogP contribution is -2.66. The summed E-state index contributed by atoms with van der Waals surface area (Å²) in [5.41, 5.74) is 7.76. The van der Waals surface area contributed by atoms with E-state index in [-0.39, 0.29) is 49.7 Å². The van der Waals surface area contributed by atoms with Crippen molar-refractivity contribution in [2.75, 3.05) is 19.0 Å². The molecule has 1 aromatic carbocycles. The molecule has 26 nitrogen and oxygen atoms in total. The van der Waals surface area contributed by atoms with Crippen molar-refractivity contribution in [3.63, 3.8) is 0 Å². The topological polar surface area (TPSA) is 448 Å². The van der Waals surface area contributed by atoms with Gasteiger partial charge < -0.3 is 116 Å². The van der Waals surface area contributed by atoms with Crippen molar-refractivity contribution in [1.29, 1.82) is 0 Å². The van der Waals surface area contributed by atoms with Crippen molar-refractivity contribution >= 4 is 23.4 Å². The Hall–Kier alpha value is -4.99. The fourth-order valence-electron chi connectivity index (χ4n) is 11.7. The molecule has 0 aliphatic carbocycles. The number of cyclic esters (lactones) is 1. The number of benzene rings is 1. The van der Waals surface area contributed by atoms with Gasteiger partial charge in [-0.2, -0.15) is 0 Å². The number of carboxylic acids is 1. The number of aliphatic hydroxyl groups excluding tert-OH is 13. The van der Waals surface area contributed by atoms with E-state index in [0.717, 1.165) is 5.69 Å². The summed E-state index contributed by atoms with van der Waals surface area (Å²) in [5.74, 6) is -7.31. The monoisotopic (exact) mass is 1290 g/mol. The number of hydrogen-bond acceptors (Lipinski definition) is 25. The van der Waals surface area contributed by atoms with Gasteiger partial charge in [0.2, 0.25) is 0 Å². The first kappa shape index (κ1) is 76.7. The Morgan fingerprint density at radius 3 is 1.75 bits per heavy atom. The summed E-state index contributed by atoms with van der Waals surface area (Å²) in [6.07, 6.45) is -8.62. The first-order valence-corrected chi connectivity index (χ1v) is 31.1. The zero-order valence-corrected chi connectivity index (χ0v) is 51.9. The minimum Gasteiger partial charge on any atom is -0.481 e. The summed E-state index contributed by atoms with van der Waals surface area (Å²) >= 11 is 0. The van der Waals surface area contributed by atoms with Crippen LogP contribution in [0.5, 0.6) is 0 Å². The molecule has 0 radical (unpaired) electrons. The first-order chi connectivity index (χ1) is 43.1. The summed E-state index contributed by atoms with van der Waals surface area (Å²) in [6, 6.07) is 5.54. The van der Waals surface area contributed by atoms with Gasteiger partial charge in [-0.05, 0) is 82.1 Å². The van der Waals surface area contributed by atoms with Crippen LogP contribution in [0.1, 0.15) is 108 Å². The van der Waals surface area contributed by atoms with Gasteiger partial charge in [0.25, 0.3) is 0 Å². The van der Waals surface area contributed by atoms with Crippen molar-refractivity contribution in [2.24, 2.45) is 23.5 Å². The fourth-order valence-corrected chi connectivity index (χ4v) is 11.7. The van der Waals surface area contributed by atoms with Crippen LogP contribution in [0.15, 0.2) is 109 Å². The molecule has 1 aromatic rings. The molecule has 3 saturated heterocycles. The van der Waals surface area contributed by atoms with Gasteiger partial charge in [0, 0.05) is 49.9 Å². The maximum atomic E-state index is 13.4. The number of anilines is 1. The fraction of sp³-hybridized carbons (Fsp3) is 0.646. The molecule has 0 saturated carbocycles. The maximum Gasteiger partial charge on any atom is 0.311 e. The van der Waals surface area contributed by atoms with E-state index in [1.54, 1.807) is 98.1 Å². The molecular weight excluding hydrogens is 1190 g/mol. The standard InChI is InChI=1S/C65H98N2O24/c1-36-17-15-13-11-9-7-5-6-8-10-12-14-16-18-48(87-63-57(80)55(66)61(38(3)86-63)90-64-59(82)58(81)56(79)52(35-68)88-64)32-51-54(62(83)84)50(77)34-65(85,91-51)33-47(75)29-45(73)27-43(71)25-42(70)26-44(72)28-46(74)31-53(78)89-60(36)37(2)19-24-41(69)30-49(76)39-20-22-40(67-4)23-21-39/h5-18,20-23,36-38,41-48,50-52,54-61,63-64,67-75,77,79-82,85H,19,24-35,66H2,1-4H3,(H,83,84)/b6-5+,9-7+,10-8+,13-11+,14-12+,17-15-,18-16+. The number of carbonyl (C=O) groups excluding carboxylic acids is 2. The number of nitrogens with two attached hydrogens (primary N) is 1. The van der Waals surface area contributed by atoms with Crippen molar-refractivity contribution in [2.45, 2.75) is 232 Å². The Kier molecular flexibility index (Phi) is 31.9. The Balaban J connectivity index is 1.34. The number of carbonyl (C=O) groups is 3. The van der Waals surface area contributed by atoms with E-state index in [1.165, 1.54) is 19.1 Å². The number of ketones is 1. The molecule has 25 atom stereocenters. The average molecular weight is 1290 g/mol. The molecule has 4 heterocycles. The van der Waals surface area contributed by atoms with Crippen LogP contribution >= 0.6 is 0 Å². The summed E-state index contributed by atoms with van der Waals surface area (Å²) in [6.45, 7) is 4.44. The number of carboxylic acid groups (broad SMARTS) is 1. The molecule has 5 rings (SSSR count). The lowest BCUT2D eigenvalue weighted by atomic mass is 9.82. The van der Waals surface area contributed by atoms with Gasteiger partial charge in [-0.15, -0.1) is 0 Å². The summed E-state index contributed by atoms with van der Waals surface area (Å²) in [5, 5.41) is 165. The third kappa shape index (κ3) is 24.7. The first-order valence-electron chi connectivity index (χ1n) is 31.1. The molecule has 26 heteroatoms. The van der Waals surface area contributed by atoms with Crippen LogP contribution in [0, 0.1) is 17.8 Å². The number of fused-ring (bicyclic) bond motifs is 2. The van der Waals surface area contributed by atoms with Crippen molar-refractivity contribution in [1.82, 2.24) is 0 Å². The molecule has 3 fully saturated rings. The highest BCUT2D eigenvalue weighted by Gasteiger charge is 2.52. The number of allylic oxidation sites excluding steroid dienone is 12. The highest BCUT2D eigenvalue weighted by Crippen LogP contribution is 2.39. The average Bonchev–Trinajstić information content (AvgIpc) is 0.850. The quantitative estimate of drug-likeness (QED) is 0.0883. The second-order valence-electron chi connectivity index (χ2n) is 24.4. The normalized spacial score (nSPS) is 40.8. The Labute approximate surface area is 530 Å². The van der Waals surface area contributed by atoms with Crippen LogP contribution in [0.25, 0.3) is 0 Å². The van der Waals surface area contributed by atoms with Crippen LogP contribution in [-0.4, -0.2) is 242 Å². The number of rotatable bonds is 14. The van der Waals surface area contributed by atoms with E-state index in [9.17, 15) is 91.0 Å². The third-order valence-electron chi connectivity index (χ3n) is 16.6. The van der Waals surface area contributed by atoms with E-state index < -0.39 is 197 Å². The van der Waals surface area contributed by atoms with Crippen LogP contribution in [0.2, 0.25) is 0 Å². The number of nitrogens with one attached hydrogen (secondary N) is 1. The minimum absolute atomic E-state index is 0.113. The van der Waals surface area contributed by atoms with E-state index >= 15 is 0 Å². The molecule has 25 unspecified atom stereocenters. The number of aliphatic hydroxyl groups is 14. The van der Waals surface area contributed by atoms with Gasteiger partial charge in [0.1, 0.15) is 48.6 Å². The highest BCUT2D eigenvalue weighted by molar-refractivity contribution is 5.96. The van der Waals surface area contributed by atoms with E-state index in [4.69, 9.17) is 34.2 Å². The van der Waals surface area contributed by atoms with Gasteiger partial charge in [0.05, 0.1) is 86.2 Å². The smallest absolute Gasteiger partial charge is 0.311 e. The summed E-state index contributed by atoms with van der Waals surface area (Å²) < 4.78 is 35.6. The lowest BCUT2D eigenvalue weighted by Gasteiger charge is -2.47. The zero-order chi connectivity index (χ0) is 67.1. The van der Waals surface area contributed by atoms with Crippen LogP contribution < -0.4 is 11.1 Å². The van der Waals surface area contributed by atoms with Crippen LogP contribution in [0.4, 0.5) is 5.69 Å². The number of aliphatic carboxylic acids is 1. The van der Waals surface area contributed by atoms with Crippen molar-refractivity contribution < 1.29 is 119 Å². The molecular formula is C65H98N2O24. The Bertz CT molecular complexity index is 2580. The number of hydrogen-bond donors (Lipinski definition) is 17. The van der Waals surface area contributed by atoms with E-state index in [2.05, 4.69) is 5.32 Å². The molecule has 91 heavy (non-hydrogen) atoms. The zero-order valence-electron chi connectivity index (χ0n) is 51.9. The second-order valence-corrected chi connectivity index (χ2v) is 24.4. The number of Topliss-reactive ketones (excluding diaryl/α,β-unsaturated/α-hetero) is 1. The van der Waals surface area contributed by atoms with Gasteiger partial charge in [-0.25, -0.2) is 0 Å². The van der Waals surface area contributed by atoms with E-state index in [1.807, 2.05) is 19.9 Å². The van der Waals surface area contributed by atoms with Gasteiger partial charge in [-0.3, -0.25) is 14.4 Å². The van der Waals surface area contributed by atoms with Crippen LogP contribution in [0.3, 0.4) is 0 Å². The van der Waals surface area contributed by atoms with Crippen molar-refractivity contribution in [3.05, 3.63) is 115 Å². The molecule has 512 valence electrons. The Morgan fingerprint density at radius 2 is 1.20 bits per heavy atom. The number of esters is 1. The lowest BCUT2D eigenvalue weighted by molar-refractivity contribution is -0.345. The second kappa shape index (κ2) is 37.8. The third-order valence-corrected chi connectivity index (χ3v) is 16.6. The van der Waals surface area contributed by atoms with Crippen molar-refractivity contribution in [3.8, 4) is 0 Å². The van der Waals surface area contributed by atoms with Gasteiger partial charge >= 0.3 is 11.9 Å². The van der Waals surface area contributed by atoms with Gasteiger partial charge in [0.15, 0.2) is 24.2 Å². The Morgan fingerprint density at radius 1 is 0.670 bits per heavy atom. The predicted octanol–water partition coefficient (Wildman–Crippen LogP) is 0.362. The van der Waals surface area contributed by atoms with E-state index in [0.29, 0.717) is 12.0 Å². The summed E-state index contributed by atoms with van der Waals surface area (Å²) in [4.78, 5) is 39.1. The molecule has 0 aromatic heterocycles. The molecule has 2 bridgehead atoms. The maximum absolute atomic E-state index is 13.4. The molecule has 0 spiro atoms. The SMILES string of the molecule is CNc1ccc(C(=O)CC(O)CCC(C)C2OC(=O)CC(O)CC(O)CC(O)CC(O)CC(O)CC(O)CC3(O)CC(O)C(C(=O)O)C(CC(OC4OC(C)C(OC5OC(CO)C(O)C(O)C5O)C(N)C4O)/C=C/C=C/C=C/C=C/C=C/C=C/C=C\C2C)O3)cc1. The molecule has 4 aliphatic heterocycles. The predicted molar refractivity (Wildman–Crippen MR) is 329 cm³/mol. The largest absolute Gasteiger partial charge is 0.481 e. The van der Waals surface area contributed by atoms with Crippen LogP contribution in [-0.2, 0) is 38.0 Å². The number of ether oxygens (including phenoxy) is 6. The highest BCUT2D eigenvalue weighted by atomic mass is 16.7.